The highest BCUT2D eigenvalue weighted by atomic mass is 32.2. The summed E-state index contributed by atoms with van der Waals surface area (Å²) in [5, 5.41) is 0.565. The Kier molecular flexibility index (Phi) is 3.70. The van der Waals surface area contributed by atoms with E-state index in [9.17, 15) is 8.42 Å². The lowest BCUT2D eigenvalue weighted by atomic mass is 10.1. The van der Waals surface area contributed by atoms with Crippen molar-refractivity contribution in [1.29, 1.82) is 0 Å². The van der Waals surface area contributed by atoms with Crippen molar-refractivity contribution >= 4 is 20.7 Å². The van der Waals surface area contributed by atoms with Gasteiger partial charge in [0.2, 0.25) is 0 Å². The monoisotopic (exact) mass is 334 g/mol. The molecular formula is C17H22N2O3S. The normalized spacial score (nSPS) is 21.6. The Balaban J connectivity index is 1.60. The quantitative estimate of drug-likeness (QED) is 0.859. The molecule has 1 aromatic carbocycles. The van der Waals surface area contributed by atoms with Crippen molar-refractivity contribution in [3.8, 4) is 0 Å². The molecule has 0 atom stereocenters. The van der Waals surface area contributed by atoms with Gasteiger partial charge in [-0.2, -0.15) is 0 Å². The number of hydrogen-bond acceptors (Lipinski definition) is 4. The Labute approximate surface area is 136 Å². The molecule has 0 unspecified atom stereocenters. The minimum absolute atomic E-state index is 0.273. The Morgan fingerprint density at radius 3 is 2.48 bits per heavy atom. The summed E-state index contributed by atoms with van der Waals surface area (Å²) < 4.78 is 33.4. The van der Waals surface area contributed by atoms with E-state index in [-0.39, 0.29) is 5.25 Å². The summed E-state index contributed by atoms with van der Waals surface area (Å²) in [7, 11) is -1.38. The van der Waals surface area contributed by atoms with Crippen molar-refractivity contribution < 1.29 is 13.2 Å². The molecule has 0 saturated carbocycles. The van der Waals surface area contributed by atoms with E-state index in [2.05, 4.69) is 4.90 Å². The Hall–Kier alpha value is -1.37. The summed E-state index contributed by atoms with van der Waals surface area (Å²) in [5.74, 6) is 0. The Morgan fingerprint density at radius 1 is 1.13 bits per heavy atom. The van der Waals surface area contributed by atoms with Gasteiger partial charge in [-0.3, -0.25) is 4.90 Å². The molecule has 2 aliphatic rings. The summed E-state index contributed by atoms with van der Waals surface area (Å²) in [6.07, 6.45) is 3.19. The summed E-state index contributed by atoms with van der Waals surface area (Å²) in [5.41, 5.74) is 0.968. The lowest BCUT2D eigenvalue weighted by Crippen LogP contribution is -2.53. The Bertz CT molecular complexity index is 815. The minimum Gasteiger partial charge on any atom is -0.378 e. The van der Waals surface area contributed by atoms with Crippen molar-refractivity contribution in [2.75, 3.05) is 26.3 Å². The van der Waals surface area contributed by atoms with Crippen LogP contribution in [0.4, 0.5) is 0 Å². The van der Waals surface area contributed by atoms with Gasteiger partial charge in [-0.15, -0.1) is 0 Å². The van der Waals surface area contributed by atoms with Gasteiger partial charge in [-0.05, 0) is 32.0 Å². The van der Waals surface area contributed by atoms with Crippen molar-refractivity contribution in [3.63, 3.8) is 0 Å². The van der Waals surface area contributed by atoms with Gasteiger partial charge < -0.3 is 9.30 Å². The van der Waals surface area contributed by atoms with Crippen LogP contribution in [0.5, 0.6) is 0 Å². The van der Waals surface area contributed by atoms with Gasteiger partial charge in [0.25, 0.3) is 0 Å². The molecule has 0 aliphatic carbocycles. The fourth-order valence-corrected chi connectivity index (χ4v) is 5.67. The standard InChI is InChI=1S/C17H22N2O3S/c1-18-10-17(15-4-2-3-5-16(15)18)23(20,21)14-6-8-19(9-7-14)13-11-22-12-13/h2-5,10,13-14H,6-9,11-12H2,1H3. The fraction of sp³-hybridized carbons (Fsp3) is 0.529. The Morgan fingerprint density at radius 2 is 1.83 bits per heavy atom. The number of nitrogens with zero attached hydrogens (tertiary/aromatic N) is 2. The maximum absolute atomic E-state index is 13.1. The predicted molar refractivity (Wildman–Crippen MR) is 89.3 cm³/mol. The van der Waals surface area contributed by atoms with Crippen LogP contribution in [0.15, 0.2) is 35.4 Å². The number of aromatic nitrogens is 1. The zero-order valence-electron chi connectivity index (χ0n) is 13.3. The molecule has 0 spiro atoms. The van der Waals surface area contributed by atoms with Crippen molar-refractivity contribution in [2.24, 2.45) is 7.05 Å². The molecule has 6 heteroatoms. The topological polar surface area (TPSA) is 51.5 Å². The molecule has 4 rings (SSSR count). The summed E-state index contributed by atoms with van der Waals surface area (Å²) >= 11 is 0. The van der Waals surface area contributed by atoms with E-state index in [0.29, 0.717) is 23.8 Å². The highest BCUT2D eigenvalue weighted by molar-refractivity contribution is 7.92. The summed E-state index contributed by atoms with van der Waals surface area (Å²) in [6, 6.07) is 8.21. The molecule has 0 amide bonds. The van der Waals surface area contributed by atoms with Crippen LogP contribution in [0.2, 0.25) is 0 Å². The van der Waals surface area contributed by atoms with E-state index < -0.39 is 9.84 Å². The van der Waals surface area contributed by atoms with E-state index in [1.54, 1.807) is 6.20 Å². The third-order valence-electron chi connectivity index (χ3n) is 5.22. The number of rotatable bonds is 3. The van der Waals surface area contributed by atoms with Gasteiger partial charge in [0.1, 0.15) is 0 Å². The molecule has 23 heavy (non-hydrogen) atoms. The van der Waals surface area contributed by atoms with Crippen molar-refractivity contribution in [1.82, 2.24) is 9.47 Å². The van der Waals surface area contributed by atoms with E-state index in [4.69, 9.17) is 4.74 Å². The van der Waals surface area contributed by atoms with Crippen molar-refractivity contribution in [3.05, 3.63) is 30.5 Å². The SMILES string of the molecule is Cn1cc(S(=O)(=O)C2CCN(C3COC3)CC2)c2ccccc21. The van der Waals surface area contributed by atoms with Gasteiger partial charge in [0, 0.05) is 24.1 Å². The number of para-hydroxylation sites is 1. The molecule has 0 radical (unpaired) electrons. The minimum atomic E-state index is -3.28. The first-order valence-corrected chi connectivity index (χ1v) is 9.72. The van der Waals surface area contributed by atoms with E-state index in [1.807, 2.05) is 35.9 Å². The smallest absolute Gasteiger partial charge is 0.183 e. The van der Waals surface area contributed by atoms with E-state index >= 15 is 0 Å². The summed E-state index contributed by atoms with van der Waals surface area (Å²) in [6.45, 7) is 3.28. The van der Waals surface area contributed by atoms with Gasteiger partial charge >= 0.3 is 0 Å². The van der Waals surface area contributed by atoms with E-state index in [0.717, 1.165) is 37.2 Å². The van der Waals surface area contributed by atoms with Gasteiger partial charge in [0.15, 0.2) is 9.84 Å². The molecule has 5 nitrogen and oxygen atoms in total. The fourth-order valence-electron chi connectivity index (χ4n) is 3.70. The highest BCUT2D eigenvalue weighted by Gasteiger charge is 2.36. The molecular weight excluding hydrogens is 312 g/mol. The average molecular weight is 334 g/mol. The van der Waals surface area contributed by atoms with Gasteiger partial charge in [0.05, 0.1) is 29.4 Å². The number of hydrogen-bond donors (Lipinski definition) is 0. The van der Waals surface area contributed by atoms with Crippen LogP contribution in [0.25, 0.3) is 10.9 Å². The molecule has 2 saturated heterocycles. The molecule has 0 N–H and O–H groups in total. The van der Waals surface area contributed by atoms with Crippen LogP contribution in [0, 0.1) is 0 Å². The zero-order valence-corrected chi connectivity index (χ0v) is 14.1. The van der Waals surface area contributed by atoms with E-state index in [1.165, 1.54) is 0 Å². The van der Waals surface area contributed by atoms with Crippen LogP contribution < -0.4 is 0 Å². The van der Waals surface area contributed by atoms with Crippen LogP contribution in [-0.2, 0) is 21.6 Å². The zero-order chi connectivity index (χ0) is 16.0. The van der Waals surface area contributed by atoms with Crippen LogP contribution in [-0.4, -0.2) is 55.5 Å². The number of sulfone groups is 1. The third-order valence-corrected chi connectivity index (χ3v) is 7.51. The maximum Gasteiger partial charge on any atom is 0.183 e. The number of ether oxygens (including phenoxy) is 1. The number of fused-ring (bicyclic) bond motifs is 1. The number of benzene rings is 1. The van der Waals surface area contributed by atoms with Gasteiger partial charge in [-0.1, -0.05) is 18.2 Å². The van der Waals surface area contributed by atoms with Crippen molar-refractivity contribution in [2.45, 2.75) is 29.0 Å². The second-order valence-corrected chi connectivity index (χ2v) is 8.79. The van der Waals surface area contributed by atoms with Crippen LogP contribution >= 0.6 is 0 Å². The molecule has 124 valence electrons. The van der Waals surface area contributed by atoms with Crippen LogP contribution in [0.1, 0.15) is 12.8 Å². The second-order valence-electron chi connectivity index (χ2n) is 6.59. The number of likely N-dealkylation sites (tertiary alicyclic amines) is 1. The summed E-state index contributed by atoms with van der Waals surface area (Å²) in [4.78, 5) is 2.86. The first-order valence-electron chi connectivity index (χ1n) is 8.17. The third kappa shape index (κ3) is 2.49. The lowest BCUT2D eigenvalue weighted by Gasteiger charge is -2.41. The van der Waals surface area contributed by atoms with Gasteiger partial charge in [-0.25, -0.2) is 8.42 Å². The molecule has 2 aromatic rings. The lowest BCUT2D eigenvalue weighted by molar-refractivity contribution is -0.0695. The largest absolute Gasteiger partial charge is 0.378 e. The molecule has 3 heterocycles. The number of aryl methyl sites for hydroxylation is 1. The molecule has 2 fully saturated rings. The highest BCUT2D eigenvalue weighted by Crippen LogP contribution is 2.31. The predicted octanol–water partition coefficient (Wildman–Crippen LogP) is 1.82. The molecule has 2 aliphatic heterocycles. The van der Waals surface area contributed by atoms with Crippen LogP contribution in [0.3, 0.4) is 0 Å². The molecule has 0 bridgehead atoms. The average Bonchev–Trinajstić information content (AvgIpc) is 2.85. The first kappa shape index (κ1) is 15.2. The first-order chi connectivity index (χ1) is 11.1. The second kappa shape index (κ2) is 5.61. The maximum atomic E-state index is 13.1. The number of piperidine rings is 1. The molecule has 1 aromatic heterocycles.